The number of nitrogens with zero attached hydrogens (tertiary/aromatic N) is 1. The normalized spacial score (nSPS) is 19.7. The second kappa shape index (κ2) is 7.27. The first-order valence-electron chi connectivity index (χ1n) is 7.04. The van der Waals surface area contributed by atoms with E-state index < -0.39 is 0 Å². The summed E-state index contributed by atoms with van der Waals surface area (Å²) in [5.74, 6) is 0.613. The molecule has 1 unspecified atom stereocenters. The third-order valence-corrected chi connectivity index (χ3v) is 3.47. The predicted octanol–water partition coefficient (Wildman–Crippen LogP) is 2.28. The molecule has 18 heavy (non-hydrogen) atoms. The second-order valence-electron chi connectivity index (χ2n) is 6.67. The van der Waals surface area contributed by atoms with E-state index in [2.05, 4.69) is 31.7 Å². The summed E-state index contributed by atoms with van der Waals surface area (Å²) in [6.45, 7) is 11.8. The molecule has 3 nitrogen and oxygen atoms in total. The molecule has 0 amide bonds. The van der Waals surface area contributed by atoms with Gasteiger partial charge in [0.05, 0.1) is 6.61 Å². The molecule has 1 atom stereocenters. The van der Waals surface area contributed by atoms with Gasteiger partial charge < -0.3 is 10.5 Å². The molecule has 0 fully saturated rings. The monoisotopic (exact) mass is 254 g/mol. The van der Waals surface area contributed by atoms with Crippen molar-refractivity contribution < 1.29 is 4.74 Å². The van der Waals surface area contributed by atoms with Crippen LogP contribution >= 0.6 is 0 Å². The summed E-state index contributed by atoms with van der Waals surface area (Å²) in [5, 5.41) is 0. The minimum atomic E-state index is 0.372. The van der Waals surface area contributed by atoms with Gasteiger partial charge in [0.1, 0.15) is 0 Å². The van der Waals surface area contributed by atoms with Gasteiger partial charge in [-0.3, -0.25) is 4.90 Å². The van der Waals surface area contributed by atoms with Crippen molar-refractivity contribution in [1.29, 1.82) is 0 Å². The van der Waals surface area contributed by atoms with Gasteiger partial charge in [-0.1, -0.05) is 26.8 Å². The Morgan fingerprint density at radius 1 is 1.44 bits per heavy atom. The lowest BCUT2D eigenvalue weighted by Gasteiger charge is -2.32. The molecule has 0 bridgehead atoms. The minimum absolute atomic E-state index is 0.372. The van der Waals surface area contributed by atoms with Crippen molar-refractivity contribution >= 4 is 0 Å². The molecule has 1 heterocycles. The summed E-state index contributed by atoms with van der Waals surface area (Å²) < 4.78 is 5.18. The van der Waals surface area contributed by atoms with Gasteiger partial charge in [0, 0.05) is 26.7 Å². The van der Waals surface area contributed by atoms with E-state index in [1.54, 1.807) is 7.11 Å². The maximum atomic E-state index is 5.91. The van der Waals surface area contributed by atoms with Crippen molar-refractivity contribution in [3.63, 3.8) is 0 Å². The number of nitrogens with two attached hydrogens (primary N) is 1. The van der Waals surface area contributed by atoms with Crippen LogP contribution in [0.4, 0.5) is 0 Å². The molecule has 0 aliphatic carbocycles. The van der Waals surface area contributed by atoms with Gasteiger partial charge in [-0.25, -0.2) is 0 Å². The Bertz CT molecular complexity index is 268. The van der Waals surface area contributed by atoms with E-state index >= 15 is 0 Å². The molecule has 0 spiro atoms. The number of rotatable bonds is 6. The van der Waals surface area contributed by atoms with Gasteiger partial charge >= 0.3 is 0 Å². The van der Waals surface area contributed by atoms with Gasteiger partial charge in [-0.2, -0.15) is 0 Å². The molecule has 0 aromatic rings. The van der Waals surface area contributed by atoms with E-state index in [0.29, 0.717) is 11.3 Å². The topological polar surface area (TPSA) is 38.5 Å². The Morgan fingerprint density at radius 3 is 2.61 bits per heavy atom. The zero-order valence-corrected chi connectivity index (χ0v) is 12.5. The molecule has 0 saturated heterocycles. The van der Waals surface area contributed by atoms with E-state index in [-0.39, 0.29) is 0 Å². The highest BCUT2D eigenvalue weighted by atomic mass is 16.5. The highest BCUT2D eigenvalue weighted by molar-refractivity contribution is 5.07. The molecule has 2 N–H and O–H groups in total. The van der Waals surface area contributed by atoms with Crippen LogP contribution in [0.15, 0.2) is 11.6 Å². The lowest BCUT2D eigenvalue weighted by atomic mass is 9.84. The maximum Gasteiger partial charge on any atom is 0.0673 e. The van der Waals surface area contributed by atoms with Crippen molar-refractivity contribution in [2.24, 2.45) is 17.1 Å². The zero-order valence-electron chi connectivity index (χ0n) is 12.5. The molecule has 1 rings (SSSR count). The number of methoxy groups -OCH3 is 1. The molecule has 106 valence electrons. The first-order valence-corrected chi connectivity index (χ1v) is 7.04. The molecular formula is C15H30N2O. The van der Waals surface area contributed by atoms with Gasteiger partial charge in [0.2, 0.25) is 0 Å². The Balaban J connectivity index is 2.38. The summed E-state index contributed by atoms with van der Waals surface area (Å²) in [7, 11) is 1.76. The summed E-state index contributed by atoms with van der Waals surface area (Å²) in [6, 6.07) is 0. The predicted molar refractivity (Wildman–Crippen MR) is 77.6 cm³/mol. The Labute approximate surface area is 112 Å². The average molecular weight is 254 g/mol. The first-order chi connectivity index (χ1) is 8.44. The van der Waals surface area contributed by atoms with Gasteiger partial charge in [0.25, 0.3) is 0 Å². The molecule has 0 aromatic heterocycles. The minimum Gasteiger partial charge on any atom is -0.380 e. The molecule has 1 aliphatic heterocycles. The molecular weight excluding hydrogens is 224 g/mol. The van der Waals surface area contributed by atoms with Crippen LogP contribution in [0, 0.1) is 11.3 Å². The van der Waals surface area contributed by atoms with Crippen molar-refractivity contribution in [3.05, 3.63) is 11.6 Å². The van der Waals surface area contributed by atoms with Crippen LogP contribution in [0.25, 0.3) is 0 Å². The van der Waals surface area contributed by atoms with Crippen LogP contribution < -0.4 is 5.73 Å². The smallest absolute Gasteiger partial charge is 0.0673 e. The first kappa shape index (κ1) is 15.7. The van der Waals surface area contributed by atoms with Crippen LogP contribution in [-0.2, 0) is 4.74 Å². The van der Waals surface area contributed by atoms with Crippen molar-refractivity contribution in [3.8, 4) is 0 Å². The van der Waals surface area contributed by atoms with Crippen LogP contribution in [-0.4, -0.2) is 44.8 Å². The largest absolute Gasteiger partial charge is 0.380 e. The number of ether oxygens (including phenoxy) is 1. The van der Waals surface area contributed by atoms with Gasteiger partial charge in [0.15, 0.2) is 0 Å². The van der Waals surface area contributed by atoms with Crippen LogP contribution in [0.5, 0.6) is 0 Å². The van der Waals surface area contributed by atoms with Crippen molar-refractivity contribution in [1.82, 2.24) is 4.90 Å². The number of hydrogen-bond donors (Lipinski definition) is 1. The molecule has 3 heteroatoms. The Kier molecular flexibility index (Phi) is 6.33. The Morgan fingerprint density at radius 2 is 2.17 bits per heavy atom. The number of hydrogen-bond acceptors (Lipinski definition) is 3. The highest BCUT2D eigenvalue weighted by Gasteiger charge is 2.21. The molecule has 0 aromatic carbocycles. The van der Waals surface area contributed by atoms with Gasteiger partial charge in [-0.05, 0) is 36.3 Å². The van der Waals surface area contributed by atoms with E-state index in [1.807, 2.05) is 0 Å². The molecule has 1 aliphatic rings. The SMILES string of the molecule is COCC1=CCN(CC(CN)CC(C)(C)C)CC1. The van der Waals surface area contributed by atoms with Crippen LogP contribution in [0.2, 0.25) is 0 Å². The fourth-order valence-electron chi connectivity index (χ4n) is 2.69. The van der Waals surface area contributed by atoms with Crippen molar-refractivity contribution in [2.75, 3.05) is 39.9 Å². The lowest BCUT2D eigenvalue weighted by molar-refractivity contribution is 0.188. The van der Waals surface area contributed by atoms with E-state index in [1.165, 1.54) is 12.0 Å². The second-order valence-corrected chi connectivity index (χ2v) is 6.67. The van der Waals surface area contributed by atoms with Gasteiger partial charge in [-0.15, -0.1) is 0 Å². The standard InChI is InChI=1S/C15H30N2O/c1-15(2,3)9-14(10-16)11-17-7-5-13(6-8-17)12-18-4/h5,14H,6-12,16H2,1-4H3. The lowest BCUT2D eigenvalue weighted by Crippen LogP contribution is -2.37. The Hall–Kier alpha value is -0.380. The fraction of sp³-hybridized carbons (Fsp3) is 0.867. The summed E-state index contributed by atoms with van der Waals surface area (Å²) in [6.07, 6.45) is 4.66. The quantitative estimate of drug-likeness (QED) is 0.739. The van der Waals surface area contributed by atoms with E-state index in [9.17, 15) is 0 Å². The fourth-order valence-corrected chi connectivity index (χ4v) is 2.69. The average Bonchev–Trinajstić information content (AvgIpc) is 2.29. The van der Waals surface area contributed by atoms with E-state index in [0.717, 1.165) is 39.2 Å². The zero-order chi connectivity index (χ0) is 13.6. The summed E-state index contributed by atoms with van der Waals surface area (Å²) in [4.78, 5) is 2.52. The summed E-state index contributed by atoms with van der Waals surface area (Å²) in [5.41, 5.74) is 7.72. The van der Waals surface area contributed by atoms with Crippen LogP contribution in [0.1, 0.15) is 33.6 Å². The maximum absolute atomic E-state index is 5.91. The van der Waals surface area contributed by atoms with E-state index in [4.69, 9.17) is 10.5 Å². The van der Waals surface area contributed by atoms with Crippen molar-refractivity contribution in [2.45, 2.75) is 33.6 Å². The molecule has 0 radical (unpaired) electrons. The molecule has 0 saturated carbocycles. The summed E-state index contributed by atoms with van der Waals surface area (Å²) >= 11 is 0. The third-order valence-electron chi connectivity index (χ3n) is 3.47. The highest BCUT2D eigenvalue weighted by Crippen LogP contribution is 2.25. The van der Waals surface area contributed by atoms with Crippen LogP contribution in [0.3, 0.4) is 0 Å². The third kappa shape index (κ3) is 5.98.